The van der Waals surface area contributed by atoms with E-state index in [1.54, 1.807) is 5.56 Å². The third-order valence-corrected chi connectivity index (χ3v) is 7.04. The summed E-state index contributed by atoms with van der Waals surface area (Å²) < 4.78 is 2.63. The van der Waals surface area contributed by atoms with Gasteiger partial charge in [0.25, 0.3) is 0 Å². The van der Waals surface area contributed by atoms with E-state index in [-0.39, 0.29) is 17.9 Å². The van der Waals surface area contributed by atoms with Crippen LogP contribution in [0, 0.1) is 0 Å². The Morgan fingerprint density at radius 1 is 0.767 bits per heavy atom. The van der Waals surface area contributed by atoms with Gasteiger partial charge in [0.2, 0.25) is 0 Å². The van der Waals surface area contributed by atoms with Gasteiger partial charge in [0.05, 0.1) is 5.54 Å². The molecule has 0 saturated carbocycles. The summed E-state index contributed by atoms with van der Waals surface area (Å²) in [4.78, 5) is 2.76. The van der Waals surface area contributed by atoms with Crippen LogP contribution in [0.5, 0.6) is 0 Å². The topological polar surface area (TPSA) is 8.17 Å². The lowest BCUT2D eigenvalue weighted by Gasteiger charge is -2.44. The average Bonchev–Trinajstić information content (AvgIpc) is 3.36. The maximum Gasteiger partial charge on any atom is 0.0872 e. The zero-order valence-electron chi connectivity index (χ0n) is 17.1. The summed E-state index contributed by atoms with van der Waals surface area (Å²) in [6.45, 7) is 3.28. The van der Waals surface area contributed by atoms with E-state index in [4.69, 9.17) is 0 Å². The maximum absolute atomic E-state index is 2.76. The fourth-order valence-corrected chi connectivity index (χ4v) is 5.90. The number of fused-ring (bicyclic) bond motifs is 5. The zero-order valence-corrected chi connectivity index (χ0v) is 17.9. The number of aromatic nitrogens is 1. The van der Waals surface area contributed by atoms with Gasteiger partial charge in [-0.05, 0) is 48.6 Å². The van der Waals surface area contributed by atoms with Gasteiger partial charge in [-0.15, -0.1) is 12.4 Å². The highest BCUT2D eigenvalue weighted by Gasteiger charge is 2.49. The zero-order chi connectivity index (χ0) is 19.3. The van der Waals surface area contributed by atoms with E-state index in [0.29, 0.717) is 0 Å². The van der Waals surface area contributed by atoms with Crippen molar-refractivity contribution < 1.29 is 0 Å². The first kappa shape index (κ1) is 19.4. The smallest absolute Gasteiger partial charge is 0.0872 e. The lowest BCUT2D eigenvalue weighted by atomic mass is 9.79. The second-order valence-corrected chi connectivity index (χ2v) is 8.48. The van der Waals surface area contributed by atoms with Crippen LogP contribution >= 0.6 is 12.4 Å². The Morgan fingerprint density at radius 2 is 1.47 bits per heavy atom. The fourth-order valence-electron chi connectivity index (χ4n) is 5.90. The molecule has 2 nitrogen and oxygen atoms in total. The van der Waals surface area contributed by atoms with Gasteiger partial charge in [-0.1, -0.05) is 78.9 Å². The number of halogens is 1. The highest BCUT2D eigenvalue weighted by Crippen LogP contribution is 2.50. The molecule has 1 fully saturated rings. The van der Waals surface area contributed by atoms with Gasteiger partial charge in [0, 0.05) is 29.7 Å². The second kappa shape index (κ2) is 7.61. The van der Waals surface area contributed by atoms with E-state index in [1.165, 1.54) is 47.1 Å². The normalized spacial score (nSPS) is 20.5. The lowest BCUT2D eigenvalue weighted by Crippen LogP contribution is -2.48. The number of benzene rings is 3. The summed E-state index contributed by atoms with van der Waals surface area (Å²) in [5.41, 5.74) is 7.31. The van der Waals surface area contributed by atoms with Crippen molar-refractivity contribution in [3.63, 3.8) is 0 Å². The molecule has 2 aliphatic rings. The molecule has 1 atom stereocenters. The van der Waals surface area contributed by atoms with Crippen LogP contribution < -0.4 is 0 Å². The van der Waals surface area contributed by atoms with Gasteiger partial charge in [-0.25, -0.2) is 0 Å². The summed E-state index contributed by atoms with van der Waals surface area (Å²) >= 11 is 0. The number of para-hydroxylation sites is 1. The molecule has 3 heterocycles. The van der Waals surface area contributed by atoms with Crippen LogP contribution in [0.4, 0.5) is 0 Å². The molecule has 0 amide bonds. The second-order valence-electron chi connectivity index (χ2n) is 8.48. The van der Waals surface area contributed by atoms with Crippen LogP contribution in [0.25, 0.3) is 10.9 Å². The predicted molar refractivity (Wildman–Crippen MR) is 126 cm³/mol. The van der Waals surface area contributed by atoms with Crippen LogP contribution in [0.1, 0.15) is 35.2 Å². The summed E-state index contributed by atoms with van der Waals surface area (Å²) in [5, 5.41) is 1.44. The molecule has 6 rings (SSSR count). The quantitative estimate of drug-likeness (QED) is 0.398. The molecule has 152 valence electrons. The Morgan fingerprint density at radius 3 is 2.27 bits per heavy atom. The number of rotatable bonds is 3. The number of hydrogen-bond donors (Lipinski definition) is 0. The van der Waals surface area contributed by atoms with Crippen LogP contribution in [-0.2, 0) is 18.5 Å². The van der Waals surface area contributed by atoms with Crippen LogP contribution in [-0.4, -0.2) is 22.6 Å². The third kappa shape index (κ3) is 2.74. The van der Waals surface area contributed by atoms with E-state index in [1.807, 2.05) is 0 Å². The first-order valence-corrected chi connectivity index (χ1v) is 10.8. The van der Waals surface area contributed by atoms with Gasteiger partial charge in [-0.3, -0.25) is 4.90 Å². The molecule has 3 heteroatoms. The van der Waals surface area contributed by atoms with E-state index in [2.05, 4.69) is 94.4 Å². The van der Waals surface area contributed by atoms with Gasteiger partial charge in [-0.2, -0.15) is 0 Å². The monoisotopic (exact) mass is 414 g/mol. The fraction of sp³-hybridized carbons (Fsp3) is 0.259. The molecule has 0 spiro atoms. The largest absolute Gasteiger partial charge is 0.338 e. The molecule has 0 radical (unpaired) electrons. The van der Waals surface area contributed by atoms with Crippen molar-refractivity contribution in [3.05, 3.63) is 107 Å². The number of nitrogens with zero attached hydrogens (tertiary/aromatic N) is 2. The highest BCUT2D eigenvalue weighted by molar-refractivity contribution is 5.87. The van der Waals surface area contributed by atoms with Gasteiger partial charge in [0.1, 0.15) is 0 Å². The highest BCUT2D eigenvalue weighted by atomic mass is 35.5. The van der Waals surface area contributed by atoms with Gasteiger partial charge < -0.3 is 4.57 Å². The Hall–Kier alpha value is -2.55. The summed E-state index contributed by atoms with van der Waals surface area (Å²) in [6.07, 6.45) is 3.61. The van der Waals surface area contributed by atoms with Crippen LogP contribution in [0.15, 0.2) is 84.9 Å². The lowest BCUT2D eigenvalue weighted by molar-refractivity contribution is 0.155. The van der Waals surface area contributed by atoms with Gasteiger partial charge >= 0.3 is 0 Å². The van der Waals surface area contributed by atoms with E-state index in [9.17, 15) is 0 Å². The minimum Gasteiger partial charge on any atom is -0.338 e. The molecule has 4 aromatic rings. The molecule has 2 aliphatic heterocycles. The standard InChI is InChI=1S/C27H26N2.ClH/c1-3-10-21(11-4-1)20-29-25-15-8-7-14-23(25)24-16-19-28-18-9-17-27(28,26(24)29)22-12-5-2-6-13-22;/h1-8,10-15H,9,16-20H2;1H. The molecular formula is C27H27ClN2. The van der Waals surface area contributed by atoms with Crippen LogP contribution in [0.3, 0.4) is 0 Å². The van der Waals surface area contributed by atoms with Crippen molar-refractivity contribution in [2.24, 2.45) is 0 Å². The molecule has 0 bridgehead atoms. The molecular weight excluding hydrogens is 388 g/mol. The van der Waals surface area contributed by atoms with Crippen molar-refractivity contribution in [3.8, 4) is 0 Å². The van der Waals surface area contributed by atoms with Gasteiger partial charge in [0.15, 0.2) is 0 Å². The Labute approximate surface area is 184 Å². The minimum atomic E-state index is 0. The molecule has 0 aliphatic carbocycles. The Balaban J connectivity index is 0.00000193. The molecule has 30 heavy (non-hydrogen) atoms. The van der Waals surface area contributed by atoms with Crippen molar-refractivity contribution in [1.29, 1.82) is 0 Å². The van der Waals surface area contributed by atoms with Crippen molar-refractivity contribution >= 4 is 23.3 Å². The SMILES string of the molecule is Cl.c1ccc(Cn2c3c(c4ccccc42)CCN2CCCC32c2ccccc2)cc1. The maximum atomic E-state index is 2.76. The molecule has 1 saturated heterocycles. The summed E-state index contributed by atoms with van der Waals surface area (Å²) in [6, 6.07) is 31.2. The molecule has 0 N–H and O–H groups in total. The Kier molecular flexibility index (Phi) is 4.92. The van der Waals surface area contributed by atoms with E-state index in [0.717, 1.165) is 19.5 Å². The van der Waals surface area contributed by atoms with E-state index >= 15 is 0 Å². The van der Waals surface area contributed by atoms with Crippen molar-refractivity contribution in [2.45, 2.75) is 31.3 Å². The van der Waals surface area contributed by atoms with Crippen molar-refractivity contribution in [1.82, 2.24) is 9.47 Å². The van der Waals surface area contributed by atoms with Crippen molar-refractivity contribution in [2.75, 3.05) is 13.1 Å². The van der Waals surface area contributed by atoms with Crippen LogP contribution in [0.2, 0.25) is 0 Å². The van der Waals surface area contributed by atoms with E-state index < -0.39 is 0 Å². The molecule has 1 unspecified atom stereocenters. The molecule has 1 aromatic heterocycles. The molecule has 3 aromatic carbocycles. The number of hydrogen-bond acceptors (Lipinski definition) is 1. The average molecular weight is 415 g/mol. The Bertz CT molecular complexity index is 1170. The minimum absolute atomic E-state index is 0. The first-order chi connectivity index (χ1) is 14.4. The third-order valence-electron chi connectivity index (χ3n) is 7.04. The predicted octanol–water partition coefficient (Wildman–Crippen LogP) is 6.01. The first-order valence-electron chi connectivity index (χ1n) is 10.8. The summed E-state index contributed by atoms with van der Waals surface area (Å²) in [7, 11) is 0. The summed E-state index contributed by atoms with van der Waals surface area (Å²) in [5.74, 6) is 0.